The predicted octanol–water partition coefficient (Wildman–Crippen LogP) is 2.03. The van der Waals surface area contributed by atoms with E-state index in [1.54, 1.807) is 0 Å². The Morgan fingerprint density at radius 1 is 1.21 bits per heavy atom. The molecule has 2 rings (SSSR count). The summed E-state index contributed by atoms with van der Waals surface area (Å²) in [5, 5.41) is 5.91. The van der Waals surface area contributed by atoms with Gasteiger partial charge in [-0.3, -0.25) is 0 Å². The first kappa shape index (κ1) is 9.81. The molecule has 14 heavy (non-hydrogen) atoms. The van der Waals surface area contributed by atoms with Gasteiger partial charge < -0.3 is 10.6 Å². The molecule has 0 spiro atoms. The summed E-state index contributed by atoms with van der Waals surface area (Å²) in [5.41, 5.74) is 0. The predicted molar refractivity (Wildman–Crippen MR) is 56.1 cm³/mol. The second kappa shape index (κ2) is 4.20. The Morgan fingerprint density at radius 3 is 2.50 bits per heavy atom. The van der Waals surface area contributed by atoms with E-state index in [0.29, 0.717) is 12.1 Å². The van der Waals surface area contributed by atoms with E-state index in [4.69, 9.17) is 0 Å². The van der Waals surface area contributed by atoms with Crippen LogP contribution in [0.1, 0.15) is 45.4 Å². The summed E-state index contributed by atoms with van der Waals surface area (Å²) in [6.45, 7) is 2.09. The van der Waals surface area contributed by atoms with Gasteiger partial charge in [-0.1, -0.05) is 32.1 Å². The van der Waals surface area contributed by atoms with Crippen molar-refractivity contribution in [3.05, 3.63) is 0 Å². The van der Waals surface area contributed by atoms with Crippen molar-refractivity contribution in [1.82, 2.24) is 10.6 Å². The maximum atomic E-state index is 11.1. The second-order valence-corrected chi connectivity index (χ2v) is 4.75. The lowest BCUT2D eigenvalue weighted by molar-refractivity contribution is 0.245. The SMILES string of the molecule is CC1NC(=O)NC1CC1CCCCC1. The van der Waals surface area contributed by atoms with Gasteiger partial charge >= 0.3 is 6.03 Å². The van der Waals surface area contributed by atoms with Crippen LogP contribution in [-0.4, -0.2) is 18.1 Å². The molecule has 2 N–H and O–H groups in total. The minimum atomic E-state index is 0.0123. The fourth-order valence-electron chi connectivity index (χ4n) is 2.69. The monoisotopic (exact) mass is 196 g/mol. The third-order valence-electron chi connectivity index (χ3n) is 3.59. The van der Waals surface area contributed by atoms with Gasteiger partial charge in [-0.05, 0) is 19.3 Å². The Hall–Kier alpha value is -0.730. The van der Waals surface area contributed by atoms with E-state index in [-0.39, 0.29) is 6.03 Å². The average molecular weight is 196 g/mol. The molecule has 3 heteroatoms. The van der Waals surface area contributed by atoms with Crippen LogP contribution in [0.25, 0.3) is 0 Å². The Kier molecular flexibility index (Phi) is 2.94. The molecule has 2 unspecified atom stereocenters. The van der Waals surface area contributed by atoms with Crippen molar-refractivity contribution in [2.45, 2.75) is 57.5 Å². The molecule has 1 heterocycles. The smallest absolute Gasteiger partial charge is 0.315 e. The van der Waals surface area contributed by atoms with Gasteiger partial charge in [0.05, 0.1) is 6.04 Å². The topological polar surface area (TPSA) is 41.1 Å². The van der Waals surface area contributed by atoms with Crippen molar-refractivity contribution >= 4 is 6.03 Å². The molecule has 1 saturated carbocycles. The Morgan fingerprint density at radius 2 is 1.93 bits per heavy atom. The lowest BCUT2D eigenvalue weighted by Crippen LogP contribution is -2.33. The molecule has 0 aromatic heterocycles. The first-order valence-electron chi connectivity index (χ1n) is 5.83. The van der Waals surface area contributed by atoms with Gasteiger partial charge in [0.15, 0.2) is 0 Å². The third-order valence-corrected chi connectivity index (χ3v) is 3.59. The maximum absolute atomic E-state index is 11.1. The molecule has 2 amide bonds. The number of rotatable bonds is 2. The number of amides is 2. The molecule has 2 aliphatic rings. The van der Waals surface area contributed by atoms with Gasteiger partial charge in [-0.15, -0.1) is 0 Å². The summed E-state index contributed by atoms with van der Waals surface area (Å²) in [6.07, 6.45) is 8.06. The van der Waals surface area contributed by atoms with Gasteiger partial charge in [-0.2, -0.15) is 0 Å². The summed E-state index contributed by atoms with van der Waals surface area (Å²) < 4.78 is 0. The fraction of sp³-hybridized carbons (Fsp3) is 0.909. The number of hydrogen-bond donors (Lipinski definition) is 2. The zero-order valence-electron chi connectivity index (χ0n) is 8.88. The second-order valence-electron chi connectivity index (χ2n) is 4.75. The summed E-state index contributed by atoms with van der Waals surface area (Å²) in [4.78, 5) is 11.1. The first-order valence-corrected chi connectivity index (χ1v) is 5.83. The minimum absolute atomic E-state index is 0.0123. The molecule has 1 aliphatic carbocycles. The molecular weight excluding hydrogens is 176 g/mol. The number of urea groups is 1. The Balaban J connectivity index is 1.81. The molecule has 0 aromatic carbocycles. The summed E-state index contributed by atoms with van der Waals surface area (Å²) in [5.74, 6) is 0.844. The Bertz CT molecular complexity index is 211. The van der Waals surface area contributed by atoms with Crippen LogP contribution in [0.15, 0.2) is 0 Å². The third kappa shape index (κ3) is 2.20. The van der Waals surface area contributed by atoms with Gasteiger partial charge in [0.2, 0.25) is 0 Å². The van der Waals surface area contributed by atoms with Crippen LogP contribution in [-0.2, 0) is 0 Å². The van der Waals surface area contributed by atoms with Crippen LogP contribution >= 0.6 is 0 Å². The highest BCUT2D eigenvalue weighted by Gasteiger charge is 2.30. The van der Waals surface area contributed by atoms with Crippen molar-refractivity contribution in [3.63, 3.8) is 0 Å². The Labute approximate surface area is 85.6 Å². The number of hydrogen-bond acceptors (Lipinski definition) is 1. The van der Waals surface area contributed by atoms with Crippen molar-refractivity contribution in [3.8, 4) is 0 Å². The van der Waals surface area contributed by atoms with E-state index in [9.17, 15) is 4.79 Å². The molecule has 0 aromatic rings. The molecule has 1 saturated heterocycles. The highest BCUT2D eigenvalue weighted by Crippen LogP contribution is 2.28. The standard InChI is InChI=1S/C11H20N2O/c1-8-10(13-11(14)12-8)7-9-5-3-2-4-6-9/h8-10H,2-7H2,1H3,(H2,12,13,14). The molecule has 2 atom stereocenters. The highest BCUT2D eigenvalue weighted by atomic mass is 16.2. The van der Waals surface area contributed by atoms with E-state index in [2.05, 4.69) is 17.6 Å². The molecule has 80 valence electrons. The largest absolute Gasteiger partial charge is 0.334 e. The quantitative estimate of drug-likeness (QED) is 0.697. The van der Waals surface area contributed by atoms with E-state index in [1.165, 1.54) is 38.5 Å². The van der Waals surface area contributed by atoms with Crippen LogP contribution in [0.4, 0.5) is 4.79 Å². The van der Waals surface area contributed by atoms with E-state index in [0.717, 1.165) is 5.92 Å². The summed E-state index contributed by atoms with van der Waals surface area (Å²) in [6, 6.07) is 0.688. The summed E-state index contributed by atoms with van der Waals surface area (Å²) in [7, 11) is 0. The van der Waals surface area contributed by atoms with Crippen molar-refractivity contribution in [2.75, 3.05) is 0 Å². The van der Waals surface area contributed by atoms with Crippen LogP contribution in [0.5, 0.6) is 0 Å². The van der Waals surface area contributed by atoms with Gasteiger partial charge in [-0.25, -0.2) is 4.79 Å². The lowest BCUT2D eigenvalue weighted by Gasteiger charge is -2.25. The van der Waals surface area contributed by atoms with E-state index in [1.807, 2.05) is 0 Å². The molecule has 0 radical (unpaired) electrons. The molecule has 3 nitrogen and oxygen atoms in total. The normalized spacial score (nSPS) is 33.9. The molecule has 1 aliphatic heterocycles. The van der Waals surface area contributed by atoms with E-state index >= 15 is 0 Å². The van der Waals surface area contributed by atoms with Crippen molar-refractivity contribution in [1.29, 1.82) is 0 Å². The van der Waals surface area contributed by atoms with Gasteiger partial charge in [0.25, 0.3) is 0 Å². The van der Waals surface area contributed by atoms with Crippen LogP contribution in [0.2, 0.25) is 0 Å². The number of nitrogens with one attached hydrogen (secondary N) is 2. The maximum Gasteiger partial charge on any atom is 0.315 e. The average Bonchev–Trinajstić information content (AvgIpc) is 2.47. The summed E-state index contributed by atoms with van der Waals surface area (Å²) >= 11 is 0. The number of carbonyl (C=O) groups excluding carboxylic acids is 1. The van der Waals surface area contributed by atoms with Gasteiger partial charge in [0, 0.05) is 6.04 Å². The first-order chi connectivity index (χ1) is 6.75. The molecule has 0 bridgehead atoms. The van der Waals surface area contributed by atoms with Crippen LogP contribution in [0, 0.1) is 5.92 Å². The fourth-order valence-corrected chi connectivity index (χ4v) is 2.69. The molecular formula is C11H20N2O. The van der Waals surface area contributed by atoms with Crippen molar-refractivity contribution < 1.29 is 4.79 Å². The van der Waals surface area contributed by atoms with E-state index < -0.39 is 0 Å². The van der Waals surface area contributed by atoms with Crippen LogP contribution in [0.3, 0.4) is 0 Å². The molecule has 2 fully saturated rings. The van der Waals surface area contributed by atoms with Crippen LogP contribution < -0.4 is 10.6 Å². The van der Waals surface area contributed by atoms with Gasteiger partial charge in [0.1, 0.15) is 0 Å². The zero-order valence-corrected chi connectivity index (χ0v) is 8.88. The lowest BCUT2D eigenvalue weighted by atomic mass is 9.84. The highest BCUT2D eigenvalue weighted by molar-refractivity contribution is 5.77. The van der Waals surface area contributed by atoms with Crippen molar-refractivity contribution in [2.24, 2.45) is 5.92 Å². The minimum Gasteiger partial charge on any atom is -0.334 e. The zero-order chi connectivity index (χ0) is 9.97. The number of carbonyl (C=O) groups is 1.